The van der Waals surface area contributed by atoms with Gasteiger partial charge in [0.25, 0.3) is 0 Å². The summed E-state index contributed by atoms with van der Waals surface area (Å²) in [6.07, 6.45) is 2.89. The number of benzene rings is 4. The largest absolute Gasteiger partial charge is 0.454 e. The topological polar surface area (TPSA) is 84.3 Å². The van der Waals surface area contributed by atoms with Gasteiger partial charge < -0.3 is 9.47 Å². The van der Waals surface area contributed by atoms with E-state index < -0.39 is 42.2 Å². The van der Waals surface area contributed by atoms with E-state index >= 15 is 0 Å². The van der Waals surface area contributed by atoms with E-state index in [0.29, 0.717) is 24.8 Å². The minimum atomic E-state index is -5.49. The number of halogens is 5. The van der Waals surface area contributed by atoms with Crippen molar-refractivity contribution in [1.29, 1.82) is 0 Å². The van der Waals surface area contributed by atoms with Crippen LogP contribution in [0, 0.1) is 0 Å². The zero-order valence-electron chi connectivity index (χ0n) is 30.8. The lowest BCUT2D eigenvalue weighted by Crippen LogP contribution is -2.39. The molecule has 11 heteroatoms. The molecule has 4 aromatic carbocycles. The molecule has 4 aromatic rings. The predicted octanol–water partition coefficient (Wildman–Crippen LogP) is 12.9. The first kappa shape index (κ1) is 42.7. The summed E-state index contributed by atoms with van der Waals surface area (Å²) in [6.45, 7) is -0.0927. The Balaban J connectivity index is 1.41. The van der Waals surface area contributed by atoms with Gasteiger partial charge in [0.15, 0.2) is 0 Å². The van der Waals surface area contributed by atoms with Gasteiger partial charge >= 0.3 is 18.1 Å². The quantitative estimate of drug-likeness (QED) is 0.0110. The Bertz CT molecular complexity index is 1670. The van der Waals surface area contributed by atoms with E-state index in [9.17, 15) is 32.3 Å². The highest BCUT2D eigenvalue weighted by atomic mass is 19.4. The fourth-order valence-electron chi connectivity index (χ4n) is 6.47. The number of ether oxygens (including phenoxy) is 2. The van der Waals surface area contributed by atoms with Gasteiger partial charge in [0.1, 0.15) is 17.7 Å². The van der Waals surface area contributed by atoms with E-state index in [4.69, 9.17) is 9.47 Å². The number of nitrogens with zero attached hydrogens (tertiary/aromatic N) is 3. The van der Waals surface area contributed by atoms with Crippen molar-refractivity contribution in [1.82, 2.24) is 0 Å². The number of rotatable bonds is 23. The maximum absolute atomic E-state index is 13.3. The molecule has 0 unspecified atom stereocenters. The minimum absolute atomic E-state index is 0.0927. The number of alkyl halides is 5. The first-order chi connectivity index (χ1) is 26.6. The number of carbonyl (C=O) groups excluding carboxylic acids is 1. The van der Waals surface area contributed by atoms with Crippen LogP contribution in [0.3, 0.4) is 0 Å². The number of unbranched alkanes of at least 4 members (excludes halogenated alkanes) is 9. The van der Waals surface area contributed by atoms with E-state index in [-0.39, 0.29) is 13.0 Å². The number of hydrogen-bond acceptors (Lipinski definition) is 4. The van der Waals surface area contributed by atoms with Crippen LogP contribution in [0.5, 0.6) is 0 Å². The van der Waals surface area contributed by atoms with Gasteiger partial charge in [-0.3, -0.25) is 0 Å². The summed E-state index contributed by atoms with van der Waals surface area (Å²) in [6, 6.07) is 37.0. The van der Waals surface area contributed by atoms with Crippen molar-refractivity contribution >= 4 is 5.97 Å². The van der Waals surface area contributed by atoms with Crippen LogP contribution in [0.15, 0.2) is 139 Å². The molecule has 0 saturated heterocycles. The molecule has 55 heavy (non-hydrogen) atoms. The van der Waals surface area contributed by atoms with Crippen molar-refractivity contribution in [3.05, 3.63) is 166 Å². The number of allylic oxidation sites excluding steroid dienone is 1. The minimum Gasteiger partial charge on any atom is -0.454 e. The van der Waals surface area contributed by atoms with Crippen molar-refractivity contribution in [3.8, 4) is 0 Å². The molecule has 0 aliphatic carbocycles. The zero-order valence-corrected chi connectivity index (χ0v) is 30.8. The Kier molecular flexibility index (Phi) is 16.9. The summed E-state index contributed by atoms with van der Waals surface area (Å²) in [5.41, 5.74) is 11.6. The summed E-state index contributed by atoms with van der Waals surface area (Å²) in [5, 5.41) is 4.09. The Morgan fingerprint density at radius 2 is 1.09 bits per heavy atom. The van der Waals surface area contributed by atoms with Crippen molar-refractivity contribution in [2.75, 3.05) is 6.61 Å². The van der Waals surface area contributed by atoms with Crippen molar-refractivity contribution in [3.63, 3.8) is 0 Å². The van der Waals surface area contributed by atoms with Crippen molar-refractivity contribution in [2.24, 2.45) is 5.11 Å². The molecule has 0 aliphatic heterocycles. The lowest BCUT2D eigenvalue weighted by atomic mass is 9.80. The van der Waals surface area contributed by atoms with E-state index in [1.54, 1.807) is 36.4 Å². The van der Waals surface area contributed by atoms with Gasteiger partial charge in [-0.25, -0.2) is 4.79 Å². The number of azide groups is 1. The fourth-order valence-corrected chi connectivity index (χ4v) is 6.47. The summed E-state index contributed by atoms with van der Waals surface area (Å²) in [7, 11) is 0. The maximum Gasteiger partial charge on any atom is 0.453 e. The SMILES string of the molecule is [N-]=[N+]=N[C@@H](COC(c1ccccc1)(c1ccccc1)c1ccccc1)[C@@H](/C=C/CCCCCCCCCCCC(F)(F)C(F)(F)F)OC(=O)c1ccccc1. The lowest BCUT2D eigenvalue weighted by molar-refractivity contribution is -0.284. The standard InChI is InChI=1S/C44H48F5N3O3/c45-42(46,44(47,48)49)33-23-9-7-5-3-1-2-4-6-8-22-32-40(55-41(53)35-24-14-10-15-25-35)39(51-52-50)34-54-43(36-26-16-11-17-27-36,37-28-18-12-19-29-37)38-30-20-13-21-31-38/h10-22,24-32,39-40H,1-9,23,33-34H2/b32-22+/t39-,40+/m0/s1. The molecule has 0 aliphatic rings. The molecule has 0 radical (unpaired) electrons. The van der Waals surface area contributed by atoms with Gasteiger partial charge in [-0.1, -0.05) is 165 Å². The molecule has 0 heterocycles. The molecule has 0 fully saturated rings. The molecule has 0 bridgehead atoms. The molecule has 0 saturated carbocycles. The molecule has 2 atom stereocenters. The molecule has 0 N–H and O–H groups in total. The second-order valence-electron chi connectivity index (χ2n) is 13.4. The summed E-state index contributed by atoms with van der Waals surface area (Å²) in [5.74, 6) is -5.19. The fraction of sp³-hybridized carbons (Fsp3) is 0.386. The Labute approximate surface area is 320 Å². The van der Waals surface area contributed by atoms with Crippen LogP contribution >= 0.6 is 0 Å². The van der Waals surface area contributed by atoms with Crippen LogP contribution in [0.1, 0.15) is 97.7 Å². The monoisotopic (exact) mass is 761 g/mol. The lowest BCUT2D eigenvalue weighted by Gasteiger charge is -2.37. The molecule has 0 spiro atoms. The summed E-state index contributed by atoms with van der Waals surface area (Å²) >= 11 is 0. The second-order valence-corrected chi connectivity index (χ2v) is 13.4. The Morgan fingerprint density at radius 1 is 0.655 bits per heavy atom. The van der Waals surface area contributed by atoms with Crippen LogP contribution in [0.2, 0.25) is 0 Å². The first-order valence-electron chi connectivity index (χ1n) is 18.8. The van der Waals surface area contributed by atoms with Gasteiger partial charge in [0.2, 0.25) is 0 Å². The molecule has 0 amide bonds. The smallest absolute Gasteiger partial charge is 0.453 e. The van der Waals surface area contributed by atoms with E-state index in [0.717, 1.165) is 55.2 Å². The maximum atomic E-state index is 13.3. The third-order valence-corrected chi connectivity index (χ3v) is 9.45. The highest BCUT2D eigenvalue weighted by Crippen LogP contribution is 2.41. The first-order valence-corrected chi connectivity index (χ1v) is 18.8. The zero-order chi connectivity index (χ0) is 39.4. The molecular weight excluding hydrogens is 713 g/mol. The van der Waals surface area contributed by atoms with Crippen LogP contribution < -0.4 is 0 Å². The van der Waals surface area contributed by atoms with Crippen LogP contribution in [0.4, 0.5) is 22.0 Å². The van der Waals surface area contributed by atoms with Gasteiger partial charge in [-0.2, -0.15) is 22.0 Å². The van der Waals surface area contributed by atoms with Crippen LogP contribution in [-0.2, 0) is 15.1 Å². The Hall–Kier alpha value is -4.99. The van der Waals surface area contributed by atoms with Gasteiger partial charge in [0.05, 0.1) is 12.2 Å². The summed E-state index contributed by atoms with van der Waals surface area (Å²) < 4.78 is 76.0. The third-order valence-electron chi connectivity index (χ3n) is 9.45. The van der Waals surface area contributed by atoms with Crippen LogP contribution in [-0.4, -0.2) is 36.8 Å². The number of carbonyl (C=O) groups is 1. The average Bonchev–Trinajstić information content (AvgIpc) is 3.20. The predicted molar refractivity (Wildman–Crippen MR) is 205 cm³/mol. The highest BCUT2D eigenvalue weighted by molar-refractivity contribution is 5.89. The molecule has 4 rings (SSSR count). The average molecular weight is 762 g/mol. The summed E-state index contributed by atoms with van der Waals surface area (Å²) in [4.78, 5) is 16.4. The number of esters is 1. The normalized spacial score (nSPS) is 13.3. The molecule has 6 nitrogen and oxygen atoms in total. The Morgan fingerprint density at radius 3 is 1.55 bits per heavy atom. The van der Waals surface area contributed by atoms with Gasteiger partial charge in [-0.05, 0) is 59.7 Å². The molecule has 292 valence electrons. The van der Waals surface area contributed by atoms with Crippen molar-refractivity contribution in [2.45, 2.75) is 100 Å². The molecular formula is C44H48F5N3O3. The van der Waals surface area contributed by atoms with Gasteiger partial charge in [0, 0.05) is 11.3 Å². The van der Waals surface area contributed by atoms with E-state index in [1.807, 2.05) is 97.1 Å². The van der Waals surface area contributed by atoms with E-state index in [1.165, 1.54) is 0 Å². The van der Waals surface area contributed by atoms with Crippen LogP contribution in [0.25, 0.3) is 10.4 Å². The van der Waals surface area contributed by atoms with E-state index in [2.05, 4.69) is 10.0 Å². The molecule has 0 aromatic heterocycles. The van der Waals surface area contributed by atoms with Gasteiger partial charge in [-0.15, -0.1) is 0 Å². The highest BCUT2D eigenvalue weighted by Gasteiger charge is 2.56. The second kappa shape index (κ2) is 21.8. The third kappa shape index (κ3) is 12.8. The van der Waals surface area contributed by atoms with Crippen molar-refractivity contribution < 1.29 is 36.2 Å². The number of hydrogen-bond donors (Lipinski definition) is 0.